The van der Waals surface area contributed by atoms with Crippen molar-refractivity contribution < 1.29 is 18.9 Å². The molecule has 0 aliphatic heterocycles. The molecule has 0 fully saturated rings. The van der Waals surface area contributed by atoms with Gasteiger partial charge in [-0.25, -0.2) is 5.43 Å². The molecular weight excluding hydrogens is 410 g/mol. The third kappa shape index (κ3) is 4.49. The van der Waals surface area contributed by atoms with Gasteiger partial charge in [-0.15, -0.1) is 0 Å². The largest absolute Gasteiger partial charge is 0.496 e. The first kappa shape index (κ1) is 20.8. The summed E-state index contributed by atoms with van der Waals surface area (Å²) < 4.78 is 11.0. The predicted octanol–water partition coefficient (Wildman–Crippen LogP) is 4.71. The van der Waals surface area contributed by atoms with Crippen LogP contribution in [-0.4, -0.2) is 24.2 Å². The smallest absolute Gasteiger partial charge is 0.273 e. The number of hydrogen-bond donors (Lipinski definition) is 1. The van der Waals surface area contributed by atoms with E-state index in [0.29, 0.717) is 22.8 Å². The number of rotatable bonds is 7. The van der Waals surface area contributed by atoms with Gasteiger partial charge in [0.1, 0.15) is 17.3 Å². The number of nitro groups is 1. The van der Waals surface area contributed by atoms with E-state index in [1.807, 2.05) is 42.5 Å². The number of methoxy groups -OCH3 is 1. The normalized spacial score (nSPS) is 11.0. The van der Waals surface area contributed by atoms with E-state index >= 15 is 0 Å². The maximum absolute atomic E-state index is 12.3. The number of carbonyl (C=O) groups is 1. The fourth-order valence-electron chi connectivity index (χ4n) is 3.39. The van der Waals surface area contributed by atoms with Gasteiger partial charge in [0, 0.05) is 6.07 Å². The van der Waals surface area contributed by atoms with E-state index < -0.39 is 4.92 Å². The summed E-state index contributed by atoms with van der Waals surface area (Å²) in [7, 11) is 1.43. The first-order valence-corrected chi connectivity index (χ1v) is 9.76. The van der Waals surface area contributed by atoms with Crippen LogP contribution in [0.15, 0.2) is 82.3 Å². The van der Waals surface area contributed by atoms with Gasteiger partial charge in [-0.05, 0) is 34.5 Å². The Balaban J connectivity index is 1.43. The first-order valence-electron chi connectivity index (χ1n) is 9.76. The van der Waals surface area contributed by atoms with Crippen molar-refractivity contribution in [3.63, 3.8) is 0 Å². The second-order valence-electron chi connectivity index (χ2n) is 6.95. The SMILES string of the molecule is COc1cc([N+](=O)[O-])ccc1-c1ccc(/C=N\NC(=O)Cc2cccc3ccccc23)o1. The van der Waals surface area contributed by atoms with E-state index in [1.54, 1.807) is 18.2 Å². The number of hydrogen-bond acceptors (Lipinski definition) is 6. The Bertz CT molecular complexity index is 1320. The van der Waals surface area contributed by atoms with Crippen LogP contribution in [0.3, 0.4) is 0 Å². The van der Waals surface area contributed by atoms with E-state index in [-0.39, 0.29) is 18.0 Å². The molecule has 0 radical (unpaired) electrons. The predicted molar refractivity (Wildman–Crippen MR) is 121 cm³/mol. The first-order chi connectivity index (χ1) is 15.5. The van der Waals surface area contributed by atoms with E-state index in [0.717, 1.165) is 16.3 Å². The highest BCUT2D eigenvalue weighted by Gasteiger charge is 2.15. The van der Waals surface area contributed by atoms with Crippen LogP contribution >= 0.6 is 0 Å². The van der Waals surface area contributed by atoms with Gasteiger partial charge in [0.25, 0.3) is 5.69 Å². The summed E-state index contributed by atoms with van der Waals surface area (Å²) in [6.45, 7) is 0. The average molecular weight is 429 g/mol. The number of fused-ring (bicyclic) bond motifs is 1. The maximum Gasteiger partial charge on any atom is 0.273 e. The molecule has 4 rings (SSSR count). The molecule has 8 nitrogen and oxygen atoms in total. The summed E-state index contributed by atoms with van der Waals surface area (Å²) >= 11 is 0. The van der Waals surface area contributed by atoms with Crippen LogP contribution < -0.4 is 10.2 Å². The highest BCUT2D eigenvalue weighted by molar-refractivity contribution is 5.90. The van der Waals surface area contributed by atoms with E-state index in [2.05, 4.69) is 10.5 Å². The molecule has 32 heavy (non-hydrogen) atoms. The van der Waals surface area contributed by atoms with Crippen LogP contribution in [0.5, 0.6) is 5.75 Å². The fraction of sp³-hybridized carbons (Fsp3) is 0.0833. The van der Waals surface area contributed by atoms with E-state index in [1.165, 1.54) is 25.5 Å². The van der Waals surface area contributed by atoms with Gasteiger partial charge in [-0.1, -0.05) is 42.5 Å². The monoisotopic (exact) mass is 429 g/mol. The number of ether oxygens (including phenoxy) is 1. The lowest BCUT2D eigenvalue weighted by Gasteiger charge is -2.05. The van der Waals surface area contributed by atoms with E-state index in [4.69, 9.17) is 9.15 Å². The summed E-state index contributed by atoms with van der Waals surface area (Å²) in [5, 5.41) is 17.0. The van der Waals surface area contributed by atoms with Gasteiger partial charge >= 0.3 is 0 Å². The number of nitro benzene ring substituents is 1. The molecule has 1 amide bonds. The van der Waals surface area contributed by atoms with Gasteiger partial charge in [0.05, 0.1) is 36.3 Å². The lowest BCUT2D eigenvalue weighted by atomic mass is 10.0. The zero-order valence-corrected chi connectivity index (χ0v) is 17.1. The molecule has 0 saturated heterocycles. The lowest BCUT2D eigenvalue weighted by Crippen LogP contribution is -2.19. The zero-order valence-electron chi connectivity index (χ0n) is 17.1. The minimum atomic E-state index is -0.493. The number of furan rings is 1. The molecule has 0 saturated carbocycles. The third-order valence-corrected chi connectivity index (χ3v) is 4.90. The van der Waals surface area contributed by atoms with Crippen molar-refractivity contribution in [1.82, 2.24) is 5.43 Å². The number of nitrogens with one attached hydrogen (secondary N) is 1. The van der Waals surface area contributed by atoms with Crippen molar-refractivity contribution in [3.05, 3.63) is 94.2 Å². The number of non-ortho nitro benzene ring substituents is 1. The summed E-state index contributed by atoms with van der Waals surface area (Å²) in [5.74, 6) is 0.938. The Morgan fingerprint density at radius 2 is 1.94 bits per heavy atom. The molecule has 0 aliphatic carbocycles. The fourth-order valence-corrected chi connectivity index (χ4v) is 3.39. The molecule has 1 aromatic heterocycles. The molecule has 4 aromatic rings. The minimum absolute atomic E-state index is 0.0761. The number of amides is 1. The van der Waals surface area contributed by atoms with Crippen LogP contribution in [0, 0.1) is 10.1 Å². The summed E-state index contributed by atoms with van der Waals surface area (Å²) in [5.41, 5.74) is 3.92. The second kappa shape index (κ2) is 9.13. The maximum atomic E-state index is 12.3. The van der Waals surface area contributed by atoms with Crippen LogP contribution in [0.25, 0.3) is 22.1 Å². The molecule has 0 bridgehead atoms. The van der Waals surface area contributed by atoms with Crippen LogP contribution in [0.4, 0.5) is 5.69 Å². The standard InChI is InChI=1S/C24H19N3O5/c1-31-23-14-18(27(29)30)9-11-21(23)22-12-10-19(32-22)15-25-26-24(28)13-17-7-4-6-16-5-2-3-8-20(16)17/h2-12,14-15H,13H2,1H3,(H,26,28)/b25-15-. The van der Waals surface area contributed by atoms with Gasteiger partial charge in [0.15, 0.2) is 0 Å². The highest BCUT2D eigenvalue weighted by Crippen LogP contribution is 2.34. The van der Waals surface area contributed by atoms with Crippen molar-refractivity contribution in [3.8, 4) is 17.1 Å². The van der Waals surface area contributed by atoms with E-state index in [9.17, 15) is 14.9 Å². The zero-order chi connectivity index (χ0) is 22.5. The Morgan fingerprint density at radius 1 is 1.12 bits per heavy atom. The molecule has 1 N–H and O–H groups in total. The Morgan fingerprint density at radius 3 is 2.75 bits per heavy atom. The Kier molecular flexibility index (Phi) is 5.94. The summed E-state index contributed by atoms with van der Waals surface area (Å²) in [6, 6.07) is 21.4. The van der Waals surface area contributed by atoms with Crippen molar-refractivity contribution >= 4 is 28.6 Å². The number of benzene rings is 3. The van der Waals surface area contributed by atoms with Gasteiger partial charge in [-0.3, -0.25) is 14.9 Å². The van der Waals surface area contributed by atoms with Gasteiger partial charge in [0.2, 0.25) is 5.91 Å². The van der Waals surface area contributed by atoms with Crippen molar-refractivity contribution in [2.75, 3.05) is 7.11 Å². The quantitative estimate of drug-likeness (QED) is 0.260. The molecule has 160 valence electrons. The minimum Gasteiger partial charge on any atom is -0.496 e. The average Bonchev–Trinajstić information content (AvgIpc) is 3.27. The van der Waals surface area contributed by atoms with Crippen LogP contribution in [-0.2, 0) is 11.2 Å². The summed E-state index contributed by atoms with van der Waals surface area (Å²) in [4.78, 5) is 22.8. The topological polar surface area (TPSA) is 107 Å². The number of carbonyl (C=O) groups excluding carboxylic acids is 1. The molecule has 0 spiro atoms. The summed E-state index contributed by atoms with van der Waals surface area (Å²) in [6.07, 6.45) is 1.59. The molecule has 8 heteroatoms. The highest BCUT2D eigenvalue weighted by atomic mass is 16.6. The van der Waals surface area contributed by atoms with Crippen molar-refractivity contribution in [2.45, 2.75) is 6.42 Å². The number of hydrazone groups is 1. The molecular formula is C24H19N3O5. The third-order valence-electron chi connectivity index (χ3n) is 4.90. The molecule has 1 heterocycles. The second-order valence-corrected chi connectivity index (χ2v) is 6.95. The van der Waals surface area contributed by atoms with Crippen molar-refractivity contribution in [1.29, 1.82) is 0 Å². The van der Waals surface area contributed by atoms with Crippen LogP contribution in [0.2, 0.25) is 0 Å². The number of nitrogens with zero attached hydrogens (tertiary/aromatic N) is 2. The van der Waals surface area contributed by atoms with Gasteiger partial charge < -0.3 is 9.15 Å². The Hall–Kier alpha value is -4.46. The molecule has 0 unspecified atom stereocenters. The lowest BCUT2D eigenvalue weighted by molar-refractivity contribution is -0.384. The van der Waals surface area contributed by atoms with Crippen molar-refractivity contribution in [2.24, 2.45) is 5.10 Å². The van der Waals surface area contributed by atoms with Gasteiger partial charge in [-0.2, -0.15) is 5.10 Å². The molecule has 0 atom stereocenters. The molecule has 3 aromatic carbocycles. The van der Waals surface area contributed by atoms with Crippen LogP contribution in [0.1, 0.15) is 11.3 Å². The molecule has 0 aliphatic rings. The Labute approximate surface area is 183 Å².